The van der Waals surface area contributed by atoms with Gasteiger partial charge in [0.1, 0.15) is 5.25 Å². The number of amides is 1. The van der Waals surface area contributed by atoms with Gasteiger partial charge in [0, 0.05) is 31.9 Å². The Labute approximate surface area is 167 Å². The third-order valence-corrected chi connectivity index (χ3v) is 9.08. The van der Waals surface area contributed by atoms with Crippen molar-refractivity contribution in [3.05, 3.63) is 24.3 Å². The first-order chi connectivity index (χ1) is 13.1. The fourth-order valence-corrected chi connectivity index (χ4v) is 5.81. The number of nitrogens with zero attached hydrogens (tertiary/aromatic N) is 2. The third-order valence-electron chi connectivity index (χ3n) is 4.91. The Kier molecular flexibility index (Phi) is 7.60. The van der Waals surface area contributed by atoms with Crippen LogP contribution in [0.2, 0.25) is 0 Å². The lowest BCUT2D eigenvalue weighted by Gasteiger charge is -2.33. The van der Waals surface area contributed by atoms with Gasteiger partial charge in [-0.05, 0) is 38.1 Å². The zero-order valence-electron chi connectivity index (χ0n) is 16.6. The summed E-state index contributed by atoms with van der Waals surface area (Å²) in [6.07, 6.45) is 0.430. The van der Waals surface area contributed by atoms with Gasteiger partial charge in [-0.15, -0.1) is 0 Å². The maximum Gasteiger partial charge on any atom is 0.243 e. The average molecular weight is 432 g/mol. The normalized spacial score (nSPS) is 18.0. The van der Waals surface area contributed by atoms with E-state index in [1.165, 1.54) is 29.4 Å². The maximum absolute atomic E-state index is 12.9. The number of carbonyl (C=O) groups excluding carboxylic acids is 1. The lowest BCUT2D eigenvalue weighted by atomic mass is 10.3. The molecule has 28 heavy (non-hydrogen) atoms. The highest BCUT2D eigenvalue weighted by molar-refractivity contribution is 7.92. The molecule has 0 aliphatic carbocycles. The molecule has 10 heteroatoms. The van der Waals surface area contributed by atoms with Crippen LogP contribution in [0.3, 0.4) is 0 Å². The molecule has 1 heterocycles. The average Bonchev–Trinajstić information content (AvgIpc) is 2.67. The second-order valence-corrected chi connectivity index (χ2v) is 11.2. The topological polar surface area (TPSA) is 104 Å². The first-order valence-electron chi connectivity index (χ1n) is 9.46. The van der Waals surface area contributed by atoms with Crippen LogP contribution in [-0.4, -0.2) is 75.7 Å². The number of rotatable bonds is 8. The van der Waals surface area contributed by atoms with Crippen LogP contribution in [-0.2, 0) is 24.7 Å². The van der Waals surface area contributed by atoms with Gasteiger partial charge < -0.3 is 10.2 Å². The van der Waals surface area contributed by atoms with Crippen molar-refractivity contribution in [3.63, 3.8) is 0 Å². The van der Waals surface area contributed by atoms with Gasteiger partial charge in [-0.1, -0.05) is 19.9 Å². The molecule has 1 N–H and O–H groups in total. The van der Waals surface area contributed by atoms with E-state index in [0.717, 1.165) is 6.54 Å². The fraction of sp³-hybridized carbons (Fsp3) is 0.611. The van der Waals surface area contributed by atoms with Crippen molar-refractivity contribution < 1.29 is 21.6 Å². The molecule has 0 aromatic heterocycles. The second kappa shape index (κ2) is 9.34. The number of carbonyl (C=O) groups is 1. The Morgan fingerprint density at radius 3 is 2.32 bits per heavy atom. The maximum atomic E-state index is 12.9. The van der Waals surface area contributed by atoms with Crippen molar-refractivity contribution in [3.8, 4) is 0 Å². The second-order valence-electron chi connectivity index (χ2n) is 6.86. The molecule has 0 bridgehead atoms. The van der Waals surface area contributed by atoms with Crippen LogP contribution < -0.4 is 5.32 Å². The molecule has 0 saturated carbocycles. The van der Waals surface area contributed by atoms with E-state index in [4.69, 9.17) is 0 Å². The predicted molar refractivity (Wildman–Crippen MR) is 109 cm³/mol. The molecule has 0 spiro atoms. The van der Waals surface area contributed by atoms with Crippen LogP contribution in [0, 0.1) is 0 Å². The number of anilines is 1. The van der Waals surface area contributed by atoms with Gasteiger partial charge in [0.15, 0.2) is 9.84 Å². The number of likely N-dealkylation sites (N-methyl/N-ethyl adjacent to an activating group) is 1. The van der Waals surface area contributed by atoms with E-state index in [1.807, 2.05) is 6.92 Å². The summed E-state index contributed by atoms with van der Waals surface area (Å²) in [6.45, 7) is 8.19. The lowest BCUT2D eigenvalue weighted by Crippen LogP contribution is -2.48. The molecule has 1 amide bonds. The number of hydrogen-bond acceptors (Lipinski definition) is 6. The molecule has 8 nitrogen and oxygen atoms in total. The van der Waals surface area contributed by atoms with Crippen LogP contribution in [0.4, 0.5) is 5.69 Å². The minimum Gasteiger partial charge on any atom is -0.325 e. The number of sulfonamides is 1. The molecular formula is C18H29N3O5S2. The van der Waals surface area contributed by atoms with E-state index in [0.29, 0.717) is 32.6 Å². The van der Waals surface area contributed by atoms with Gasteiger partial charge in [0.2, 0.25) is 15.9 Å². The van der Waals surface area contributed by atoms with Gasteiger partial charge >= 0.3 is 0 Å². The molecule has 1 atom stereocenters. The van der Waals surface area contributed by atoms with Gasteiger partial charge in [0.25, 0.3) is 0 Å². The Morgan fingerprint density at radius 2 is 1.75 bits per heavy atom. The number of nitrogens with one attached hydrogen (secondary N) is 1. The van der Waals surface area contributed by atoms with E-state index in [2.05, 4.69) is 10.2 Å². The minimum absolute atomic E-state index is 0.0697. The summed E-state index contributed by atoms with van der Waals surface area (Å²) in [5.74, 6) is -0.737. The molecule has 1 aromatic rings. The fourth-order valence-electron chi connectivity index (χ4n) is 3.04. The Hall–Kier alpha value is -1.49. The van der Waals surface area contributed by atoms with Crippen LogP contribution >= 0.6 is 0 Å². The smallest absolute Gasteiger partial charge is 0.243 e. The van der Waals surface area contributed by atoms with E-state index < -0.39 is 31.0 Å². The highest BCUT2D eigenvalue weighted by Gasteiger charge is 2.29. The first-order valence-corrected chi connectivity index (χ1v) is 12.6. The standard InChI is InChI=1S/C18H29N3O5S2/c1-4-13-27(23,24)15(3)18(22)19-16-7-6-8-17(14-16)28(25,26)21-11-9-20(5-2)10-12-21/h6-8,14-15H,4-5,9-13H2,1-3H3,(H,19,22). The van der Waals surface area contributed by atoms with Crippen molar-refractivity contribution >= 4 is 31.5 Å². The zero-order chi connectivity index (χ0) is 20.9. The SMILES string of the molecule is CCCS(=O)(=O)C(C)C(=O)Nc1cccc(S(=O)(=O)N2CCN(CC)CC2)c1. The van der Waals surface area contributed by atoms with E-state index >= 15 is 0 Å². The lowest BCUT2D eigenvalue weighted by molar-refractivity contribution is -0.115. The summed E-state index contributed by atoms with van der Waals surface area (Å²) >= 11 is 0. The van der Waals surface area contributed by atoms with Gasteiger partial charge in [-0.25, -0.2) is 16.8 Å². The summed E-state index contributed by atoms with van der Waals surface area (Å²) in [7, 11) is -7.21. The molecule has 1 saturated heterocycles. The monoisotopic (exact) mass is 431 g/mol. The molecule has 1 unspecified atom stereocenters. The number of benzene rings is 1. The molecule has 1 aliphatic heterocycles. The van der Waals surface area contributed by atoms with Gasteiger partial charge in [0.05, 0.1) is 10.6 Å². The van der Waals surface area contributed by atoms with Crippen molar-refractivity contribution in [2.24, 2.45) is 0 Å². The van der Waals surface area contributed by atoms with E-state index in [1.54, 1.807) is 13.0 Å². The predicted octanol–water partition coefficient (Wildman–Crippen LogP) is 1.16. The van der Waals surface area contributed by atoms with Crippen molar-refractivity contribution in [1.29, 1.82) is 0 Å². The van der Waals surface area contributed by atoms with Crippen LogP contribution in [0.15, 0.2) is 29.2 Å². The largest absolute Gasteiger partial charge is 0.325 e. The molecule has 0 radical (unpaired) electrons. The number of hydrogen-bond donors (Lipinski definition) is 1. The summed E-state index contributed by atoms with van der Waals surface area (Å²) in [6, 6.07) is 5.94. The summed E-state index contributed by atoms with van der Waals surface area (Å²) < 4.78 is 51.4. The molecule has 1 fully saturated rings. The summed E-state index contributed by atoms with van der Waals surface area (Å²) in [5.41, 5.74) is 0.261. The van der Waals surface area contributed by atoms with Crippen LogP contribution in [0.1, 0.15) is 27.2 Å². The molecular weight excluding hydrogens is 402 g/mol. The van der Waals surface area contributed by atoms with Crippen LogP contribution in [0.5, 0.6) is 0 Å². The van der Waals surface area contributed by atoms with Gasteiger partial charge in [-0.3, -0.25) is 4.79 Å². The molecule has 158 valence electrons. The first kappa shape index (κ1) is 22.8. The highest BCUT2D eigenvalue weighted by atomic mass is 32.2. The van der Waals surface area contributed by atoms with E-state index in [-0.39, 0.29) is 16.3 Å². The highest BCUT2D eigenvalue weighted by Crippen LogP contribution is 2.21. The van der Waals surface area contributed by atoms with Crippen molar-refractivity contribution in [2.45, 2.75) is 37.3 Å². The van der Waals surface area contributed by atoms with E-state index in [9.17, 15) is 21.6 Å². The third kappa shape index (κ3) is 5.31. The van der Waals surface area contributed by atoms with Crippen molar-refractivity contribution in [2.75, 3.05) is 43.8 Å². The summed E-state index contributed by atoms with van der Waals surface area (Å²) in [5, 5.41) is 1.33. The summed E-state index contributed by atoms with van der Waals surface area (Å²) in [4.78, 5) is 14.6. The molecule has 1 aliphatic rings. The Bertz CT molecular complexity index is 892. The number of sulfone groups is 1. The van der Waals surface area contributed by atoms with Crippen molar-refractivity contribution in [1.82, 2.24) is 9.21 Å². The Balaban J connectivity index is 2.14. The Morgan fingerprint density at radius 1 is 1.11 bits per heavy atom. The quantitative estimate of drug-likeness (QED) is 0.663. The zero-order valence-corrected chi connectivity index (χ0v) is 18.2. The molecule has 1 aromatic carbocycles. The van der Waals surface area contributed by atoms with Gasteiger partial charge in [-0.2, -0.15) is 4.31 Å². The molecule has 2 rings (SSSR count). The van der Waals surface area contributed by atoms with Crippen LogP contribution in [0.25, 0.3) is 0 Å². The minimum atomic E-state index is -3.67. The number of piperazine rings is 1.